The molecule has 1 atom stereocenters. The summed E-state index contributed by atoms with van der Waals surface area (Å²) < 4.78 is 8.48. The minimum Gasteiger partial charge on any atom is -0.370 e. The van der Waals surface area contributed by atoms with E-state index in [2.05, 4.69) is 21.7 Å². The van der Waals surface area contributed by atoms with E-state index in [1.54, 1.807) is 0 Å². The molecule has 0 saturated carbocycles. The first kappa shape index (κ1) is 10.8. The van der Waals surface area contributed by atoms with Gasteiger partial charge in [0.25, 0.3) is 0 Å². The van der Waals surface area contributed by atoms with Crippen LogP contribution in [0.1, 0.15) is 44.5 Å². The van der Waals surface area contributed by atoms with Crippen LogP contribution in [0.5, 0.6) is 0 Å². The van der Waals surface area contributed by atoms with Crippen molar-refractivity contribution in [1.82, 2.24) is 14.8 Å². The Morgan fingerprint density at radius 2 is 2.47 bits per heavy atom. The van der Waals surface area contributed by atoms with Gasteiger partial charge < -0.3 is 9.30 Å². The predicted octanol–water partition coefficient (Wildman–Crippen LogP) is 2.59. The number of nitrogens with zero attached hydrogens (tertiary/aromatic N) is 2. The summed E-state index contributed by atoms with van der Waals surface area (Å²) in [6, 6.07) is 0. The Morgan fingerprint density at radius 1 is 1.60 bits per heavy atom. The molecule has 0 aliphatic carbocycles. The molecular weight excluding hydrogens is 210 g/mol. The zero-order chi connectivity index (χ0) is 10.7. The van der Waals surface area contributed by atoms with Crippen molar-refractivity contribution >= 4 is 12.2 Å². The average Bonchev–Trinajstić information content (AvgIpc) is 2.63. The lowest BCUT2D eigenvalue weighted by Crippen LogP contribution is -2.16. The van der Waals surface area contributed by atoms with Crippen LogP contribution in [0, 0.1) is 4.77 Å². The molecule has 1 saturated heterocycles. The third-order valence-electron chi connectivity index (χ3n) is 2.70. The van der Waals surface area contributed by atoms with Crippen molar-refractivity contribution in [3.05, 3.63) is 10.6 Å². The summed E-state index contributed by atoms with van der Waals surface area (Å²) >= 11 is 5.20. The summed E-state index contributed by atoms with van der Waals surface area (Å²) in [5.41, 5.74) is 0. The van der Waals surface area contributed by atoms with Crippen LogP contribution >= 0.6 is 12.2 Å². The molecule has 2 rings (SSSR count). The molecule has 1 unspecified atom stereocenters. The van der Waals surface area contributed by atoms with Gasteiger partial charge in [0, 0.05) is 13.2 Å². The minimum absolute atomic E-state index is 0.137. The molecule has 1 aliphatic heterocycles. The van der Waals surface area contributed by atoms with E-state index in [9.17, 15) is 0 Å². The van der Waals surface area contributed by atoms with Gasteiger partial charge >= 0.3 is 0 Å². The zero-order valence-electron chi connectivity index (χ0n) is 9.03. The Hall–Kier alpha value is -0.680. The quantitative estimate of drug-likeness (QED) is 0.807. The van der Waals surface area contributed by atoms with Crippen LogP contribution in [0.4, 0.5) is 0 Å². The highest BCUT2D eigenvalue weighted by molar-refractivity contribution is 7.71. The lowest BCUT2D eigenvalue weighted by molar-refractivity contribution is 0.00705. The topological polar surface area (TPSA) is 42.8 Å². The Balaban J connectivity index is 2.22. The van der Waals surface area contributed by atoms with Crippen LogP contribution in [-0.4, -0.2) is 21.4 Å². The number of hydrogen-bond acceptors (Lipinski definition) is 3. The maximum Gasteiger partial charge on any atom is 0.195 e. The molecule has 0 aromatic carbocycles. The van der Waals surface area contributed by atoms with Gasteiger partial charge in [-0.2, -0.15) is 5.10 Å². The molecule has 0 bridgehead atoms. The van der Waals surface area contributed by atoms with Crippen molar-refractivity contribution < 1.29 is 4.74 Å². The second-order valence-corrected chi connectivity index (χ2v) is 4.28. The van der Waals surface area contributed by atoms with E-state index in [1.165, 1.54) is 6.42 Å². The fourth-order valence-corrected chi connectivity index (χ4v) is 2.19. The number of rotatable bonds is 3. The smallest absolute Gasteiger partial charge is 0.195 e. The summed E-state index contributed by atoms with van der Waals surface area (Å²) in [4.78, 5) is 0. The van der Waals surface area contributed by atoms with Crippen molar-refractivity contribution in [1.29, 1.82) is 0 Å². The summed E-state index contributed by atoms with van der Waals surface area (Å²) in [6.45, 7) is 3.90. The van der Waals surface area contributed by atoms with Gasteiger partial charge in [-0.1, -0.05) is 6.92 Å². The van der Waals surface area contributed by atoms with Gasteiger partial charge in [-0.05, 0) is 37.9 Å². The number of aromatic nitrogens is 3. The molecule has 15 heavy (non-hydrogen) atoms. The molecule has 2 heterocycles. The third kappa shape index (κ3) is 2.29. The monoisotopic (exact) mass is 227 g/mol. The first-order chi connectivity index (χ1) is 7.33. The maximum absolute atomic E-state index is 5.71. The molecule has 0 radical (unpaired) electrons. The number of H-pyrrole nitrogens is 1. The van der Waals surface area contributed by atoms with Gasteiger partial charge in [0.05, 0.1) is 0 Å². The van der Waals surface area contributed by atoms with Crippen molar-refractivity contribution in [2.24, 2.45) is 0 Å². The number of ether oxygens (including phenoxy) is 1. The summed E-state index contributed by atoms with van der Waals surface area (Å²) in [5, 5.41) is 7.13. The molecule has 1 aromatic rings. The van der Waals surface area contributed by atoms with Crippen molar-refractivity contribution in [3.63, 3.8) is 0 Å². The Labute approximate surface area is 94.6 Å². The largest absolute Gasteiger partial charge is 0.370 e. The number of hydrogen-bond donors (Lipinski definition) is 1. The molecule has 1 aromatic heterocycles. The molecule has 5 heteroatoms. The molecule has 1 aliphatic rings. The molecule has 0 amide bonds. The average molecular weight is 227 g/mol. The lowest BCUT2D eigenvalue weighted by Gasteiger charge is -2.22. The van der Waals surface area contributed by atoms with Gasteiger partial charge in [0.1, 0.15) is 6.10 Å². The maximum atomic E-state index is 5.71. The van der Waals surface area contributed by atoms with Crippen LogP contribution in [0.3, 0.4) is 0 Å². The van der Waals surface area contributed by atoms with Crippen molar-refractivity contribution in [3.8, 4) is 0 Å². The summed E-state index contributed by atoms with van der Waals surface area (Å²) in [7, 11) is 0. The molecule has 1 N–H and O–H groups in total. The third-order valence-corrected chi connectivity index (χ3v) is 3.01. The van der Waals surface area contributed by atoms with Crippen molar-refractivity contribution in [2.45, 2.75) is 45.3 Å². The van der Waals surface area contributed by atoms with Crippen molar-refractivity contribution in [2.75, 3.05) is 6.61 Å². The van der Waals surface area contributed by atoms with Crippen LogP contribution in [0.25, 0.3) is 0 Å². The zero-order valence-corrected chi connectivity index (χ0v) is 9.85. The normalized spacial score (nSPS) is 21.8. The van der Waals surface area contributed by atoms with E-state index in [-0.39, 0.29) is 6.10 Å². The number of aromatic amines is 1. The Morgan fingerprint density at radius 3 is 3.13 bits per heavy atom. The van der Waals surface area contributed by atoms with Gasteiger partial charge in [0.2, 0.25) is 0 Å². The Kier molecular flexibility index (Phi) is 3.53. The fraction of sp³-hybridized carbons (Fsp3) is 0.800. The molecule has 84 valence electrons. The lowest BCUT2D eigenvalue weighted by atomic mass is 10.1. The molecule has 1 fully saturated rings. The fourth-order valence-electron chi connectivity index (χ4n) is 1.96. The highest BCUT2D eigenvalue weighted by Gasteiger charge is 2.21. The summed E-state index contributed by atoms with van der Waals surface area (Å²) in [6.07, 6.45) is 4.64. The highest BCUT2D eigenvalue weighted by atomic mass is 32.1. The van der Waals surface area contributed by atoms with Crippen LogP contribution in [-0.2, 0) is 11.3 Å². The second kappa shape index (κ2) is 4.90. The van der Waals surface area contributed by atoms with E-state index in [0.717, 1.165) is 38.2 Å². The standard InChI is InChI=1S/C10H17N3OS/c1-2-6-13-9(11-12-10(13)15)8-5-3-4-7-14-8/h8H,2-7H2,1H3,(H,12,15). The second-order valence-electron chi connectivity index (χ2n) is 3.89. The molecule has 4 nitrogen and oxygen atoms in total. The van der Waals surface area contributed by atoms with E-state index < -0.39 is 0 Å². The number of nitrogens with one attached hydrogen (secondary N) is 1. The Bertz CT molecular complexity index is 365. The molecular formula is C10H17N3OS. The van der Waals surface area contributed by atoms with Crippen LogP contribution in [0.15, 0.2) is 0 Å². The molecule has 0 spiro atoms. The van der Waals surface area contributed by atoms with E-state index >= 15 is 0 Å². The minimum atomic E-state index is 0.137. The van der Waals surface area contributed by atoms with E-state index in [4.69, 9.17) is 17.0 Å². The van der Waals surface area contributed by atoms with E-state index in [1.807, 2.05) is 0 Å². The van der Waals surface area contributed by atoms with E-state index in [0.29, 0.717) is 4.77 Å². The van der Waals surface area contributed by atoms with Gasteiger partial charge in [-0.25, -0.2) is 0 Å². The summed E-state index contributed by atoms with van der Waals surface area (Å²) in [5.74, 6) is 0.974. The van der Waals surface area contributed by atoms with Crippen LogP contribution < -0.4 is 0 Å². The SMILES string of the molecule is CCCn1c(C2CCCCO2)n[nH]c1=S. The highest BCUT2D eigenvalue weighted by Crippen LogP contribution is 2.26. The first-order valence-electron chi connectivity index (χ1n) is 5.59. The van der Waals surface area contributed by atoms with Gasteiger partial charge in [-0.15, -0.1) is 0 Å². The van der Waals surface area contributed by atoms with Gasteiger partial charge in [0.15, 0.2) is 10.6 Å². The van der Waals surface area contributed by atoms with Crippen LogP contribution in [0.2, 0.25) is 0 Å². The van der Waals surface area contributed by atoms with Gasteiger partial charge in [-0.3, -0.25) is 5.10 Å². The first-order valence-corrected chi connectivity index (χ1v) is 6.00. The predicted molar refractivity (Wildman–Crippen MR) is 60.2 cm³/mol.